The van der Waals surface area contributed by atoms with Crippen molar-refractivity contribution in [3.8, 4) is 0 Å². The summed E-state index contributed by atoms with van der Waals surface area (Å²) in [6.45, 7) is 62.8. The van der Waals surface area contributed by atoms with Crippen LogP contribution in [0.1, 0.15) is 214 Å². The third-order valence-corrected chi connectivity index (χ3v) is 10.4. The third-order valence-electron chi connectivity index (χ3n) is 10.4. The van der Waals surface area contributed by atoms with E-state index in [0.717, 1.165) is 77.8 Å². The Morgan fingerprint density at radius 3 is 0.600 bits per heavy atom. The Labute approximate surface area is 437 Å². The van der Waals surface area contributed by atoms with Crippen molar-refractivity contribution < 1.29 is 28.4 Å². The summed E-state index contributed by atoms with van der Waals surface area (Å²) < 4.78 is 33.0. The first-order valence-corrected chi connectivity index (χ1v) is 27.3. The van der Waals surface area contributed by atoms with Crippen molar-refractivity contribution in [2.24, 2.45) is 43.3 Å². The van der Waals surface area contributed by atoms with E-state index < -0.39 is 0 Å². The molecule has 0 saturated heterocycles. The lowest BCUT2D eigenvalue weighted by Crippen LogP contribution is -2.14. The van der Waals surface area contributed by atoms with Crippen molar-refractivity contribution in [3.63, 3.8) is 0 Å². The molecule has 412 valence electrons. The van der Waals surface area contributed by atoms with Gasteiger partial charge in [-0.3, -0.25) is 0 Å². The van der Waals surface area contributed by atoms with E-state index in [0.29, 0.717) is 96.2 Å². The summed E-state index contributed by atoms with van der Waals surface area (Å²) in [6.07, 6.45) is 8.97. The summed E-state index contributed by atoms with van der Waals surface area (Å²) in [5.41, 5.74) is 8.74. The van der Waals surface area contributed by atoms with Crippen LogP contribution in [0, 0.1) is 43.3 Å². The van der Waals surface area contributed by atoms with Crippen LogP contribution in [-0.4, -0.2) is 79.3 Å². The highest BCUT2D eigenvalue weighted by Gasteiger charge is 2.16. The average Bonchev–Trinajstić information content (AvgIpc) is 3.13. The molecule has 0 aliphatic carbocycles. The average molecular weight is 986 g/mol. The molecule has 2 aromatic rings. The fourth-order valence-electron chi connectivity index (χ4n) is 6.67. The van der Waals surface area contributed by atoms with Crippen LogP contribution in [0.3, 0.4) is 0 Å². The van der Waals surface area contributed by atoms with Gasteiger partial charge in [-0.15, -0.1) is 0 Å². The Bertz CT molecular complexity index is 1360. The van der Waals surface area contributed by atoms with E-state index in [4.69, 9.17) is 28.4 Å². The molecule has 70 heavy (non-hydrogen) atoms. The molecular weight excluding hydrogens is 865 g/mol. The first-order chi connectivity index (χ1) is 31.7. The molecule has 0 aliphatic heterocycles. The zero-order valence-electron chi connectivity index (χ0n) is 51.2. The molecule has 2 rings (SSSR count). The van der Waals surface area contributed by atoms with E-state index >= 15 is 0 Å². The maximum Gasteiger partial charge on any atom is 0.0701 e. The van der Waals surface area contributed by atoms with Crippen LogP contribution in [0.25, 0.3) is 0 Å². The summed E-state index contributed by atoms with van der Waals surface area (Å²) in [4.78, 5) is 0. The quantitative estimate of drug-likeness (QED) is 0.0977. The lowest BCUT2D eigenvalue weighted by molar-refractivity contribution is 0.00673. The van der Waals surface area contributed by atoms with E-state index in [1.54, 1.807) is 0 Å². The molecule has 0 radical (unpaired) electrons. The summed E-state index contributed by atoms with van der Waals surface area (Å²) in [5.74, 6) is 0. The monoisotopic (exact) mass is 985 g/mol. The highest BCUT2D eigenvalue weighted by atomic mass is 16.5. The smallest absolute Gasteiger partial charge is 0.0701 e. The van der Waals surface area contributed by atoms with Crippen molar-refractivity contribution in [2.45, 2.75) is 218 Å². The molecule has 0 aromatic heterocycles. The maximum absolute atomic E-state index is 5.52. The fourth-order valence-corrected chi connectivity index (χ4v) is 6.67. The lowest BCUT2D eigenvalue weighted by Gasteiger charge is -2.21. The Morgan fingerprint density at radius 1 is 0.229 bits per heavy atom. The van der Waals surface area contributed by atoms with Gasteiger partial charge in [-0.2, -0.15) is 0 Å². The number of rotatable bonds is 24. The third kappa shape index (κ3) is 57.1. The standard InChI is InChI=1S/2C16H34O3.2C16H26/c2*1-15(2,3)7-9-17-11-13-19-14-12-18-10-8-16(4,5)6;1-15(2,3)11-13-7-9-14(10-8-13)12-16(4,5)6;1-15(2,3)11-13-8-7-9-14(10-13)12-16(4,5)6/h2*7-14H2,1-6H3;2*7-10H,11-12H2,1-6H3. The minimum Gasteiger partial charge on any atom is -0.379 e. The van der Waals surface area contributed by atoms with E-state index in [2.05, 4.69) is 215 Å². The first kappa shape index (κ1) is 70.3. The second kappa shape index (κ2) is 34.6. The van der Waals surface area contributed by atoms with Gasteiger partial charge in [0, 0.05) is 26.4 Å². The molecule has 0 amide bonds. The van der Waals surface area contributed by atoms with Crippen LogP contribution in [0.2, 0.25) is 0 Å². The van der Waals surface area contributed by atoms with Crippen LogP contribution in [0.15, 0.2) is 48.5 Å². The SMILES string of the molecule is CC(C)(C)CCOCCOCCOCCC(C)(C)C.CC(C)(C)CCOCCOCCOCCC(C)(C)C.CC(C)(C)Cc1ccc(CC(C)(C)C)cc1.CC(C)(C)Cc1cccc(CC(C)(C)C)c1. The molecule has 2 aromatic carbocycles. The van der Waals surface area contributed by atoms with E-state index in [1.165, 1.54) is 22.3 Å². The number of ether oxygens (including phenoxy) is 6. The van der Waals surface area contributed by atoms with E-state index in [1.807, 2.05) is 0 Å². The van der Waals surface area contributed by atoms with Gasteiger partial charge in [0.25, 0.3) is 0 Å². The molecule has 0 N–H and O–H groups in total. The first-order valence-electron chi connectivity index (χ1n) is 27.3. The molecule has 0 bridgehead atoms. The van der Waals surface area contributed by atoms with Crippen molar-refractivity contribution in [1.82, 2.24) is 0 Å². The Hall–Kier alpha value is -1.80. The van der Waals surface area contributed by atoms with Gasteiger partial charge in [-0.05, 0) is 117 Å². The Kier molecular flexibility index (Phi) is 34.8. The van der Waals surface area contributed by atoms with Crippen molar-refractivity contribution in [3.05, 3.63) is 70.8 Å². The van der Waals surface area contributed by atoms with E-state index in [-0.39, 0.29) is 0 Å². The highest BCUT2D eigenvalue weighted by Crippen LogP contribution is 2.26. The topological polar surface area (TPSA) is 55.4 Å². The largest absolute Gasteiger partial charge is 0.379 e. The molecule has 0 saturated carbocycles. The molecule has 0 spiro atoms. The minimum absolute atomic E-state index is 0.349. The summed E-state index contributed by atoms with van der Waals surface area (Å²) in [5, 5.41) is 0. The van der Waals surface area contributed by atoms with Gasteiger partial charge in [0.15, 0.2) is 0 Å². The molecule has 0 fully saturated rings. The molecule has 0 aliphatic rings. The summed E-state index contributed by atoms with van der Waals surface area (Å²) >= 11 is 0. The summed E-state index contributed by atoms with van der Waals surface area (Å²) in [7, 11) is 0. The zero-order valence-corrected chi connectivity index (χ0v) is 51.2. The molecule has 0 heterocycles. The van der Waals surface area contributed by atoms with Gasteiger partial charge >= 0.3 is 0 Å². The number of benzene rings is 2. The molecule has 6 heteroatoms. The van der Waals surface area contributed by atoms with Crippen LogP contribution >= 0.6 is 0 Å². The van der Waals surface area contributed by atoms with Gasteiger partial charge in [0.05, 0.1) is 52.9 Å². The van der Waals surface area contributed by atoms with Crippen molar-refractivity contribution in [2.75, 3.05) is 79.3 Å². The van der Waals surface area contributed by atoms with Crippen molar-refractivity contribution in [1.29, 1.82) is 0 Å². The molecule has 0 atom stereocenters. The normalized spacial score (nSPS) is 12.9. The lowest BCUT2D eigenvalue weighted by atomic mass is 9.85. The van der Waals surface area contributed by atoms with Crippen LogP contribution < -0.4 is 0 Å². The van der Waals surface area contributed by atoms with E-state index in [9.17, 15) is 0 Å². The maximum atomic E-state index is 5.52. The zero-order chi connectivity index (χ0) is 54.4. The minimum atomic E-state index is 0.349. The molecule has 0 unspecified atom stereocenters. The van der Waals surface area contributed by atoms with Gasteiger partial charge in [0.1, 0.15) is 0 Å². The van der Waals surface area contributed by atoms with Gasteiger partial charge in [-0.25, -0.2) is 0 Å². The Balaban J connectivity index is 0. The van der Waals surface area contributed by atoms with Crippen LogP contribution in [0.4, 0.5) is 0 Å². The number of hydrogen-bond donors (Lipinski definition) is 0. The highest BCUT2D eigenvalue weighted by molar-refractivity contribution is 5.25. The Morgan fingerprint density at radius 2 is 0.414 bits per heavy atom. The second-order valence-electron chi connectivity index (χ2n) is 29.5. The summed E-state index contributed by atoms with van der Waals surface area (Å²) in [6, 6.07) is 18.2. The van der Waals surface area contributed by atoms with Crippen molar-refractivity contribution >= 4 is 0 Å². The van der Waals surface area contributed by atoms with Crippen LogP contribution in [0.5, 0.6) is 0 Å². The fraction of sp³-hybridized carbons (Fsp3) is 0.812. The predicted molar refractivity (Wildman–Crippen MR) is 307 cm³/mol. The predicted octanol–water partition coefficient (Wildman–Crippen LogP) is 17.5. The van der Waals surface area contributed by atoms with Gasteiger partial charge < -0.3 is 28.4 Å². The molecule has 6 nitrogen and oxygen atoms in total. The van der Waals surface area contributed by atoms with Crippen LogP contribution in [-0.2, 0) is 54.1 Å². The number of hydrogen-bond acceptors (Lipinski definition) is 6. The van der Waals surface area contributed by atoms with Gasteiger partial charge in [-0.1, -0.05) is 215 Å². The molecular formula is C64H120O6. The van der Waals surface area contributed by atoms with Gasteiger partial charge in [0.2, 0.25) is 0 Å². The second-order valence-corrected chi connectivity index (χ2v) is 29.5.